The highest BCUT2D eigenvalue weighted by Crippen LogP contribution is 2.32. The number of rotatable bonds is 4. The number of aromatic nitrogens is 4. The summed E-state index contributed by atoms with van der Waals surface area (Å²) in [6.45, 7) is 0. The molecule has 0 fully saturated rings. The standard InChI is InChI=1S/C33H22N4/c1-3-10-22(11-4-1)31-35-32(23-12-5-2-6-13-23)37-33(36-31)26-15-9-14-24(20-26)25-18-19-30-28(21-25)27-16-7-8-17-29(27)34-30/h1-21,34H. The molecule has 1 N–H and O–H groups in total. The van der Waals surface area contributed by atoms with Crippen molar-refractivity contribution in [2.45, 2.75) is 0 Å². The monoisotopic (exact) mass is 474 g/mol. The van der Waals surface area contributed by atoms with Crippen molar-refractivity contribution in [1.29, 1.82) is 0 Å². The highest BCUT2D eigenvalue weighted by molar-refractivity contribution is 6.08. The largest absolute Gasteiger partial charge is 0.355 e. The van der Waals surface area contributed by atoms with Gasteiger partial charge in [0.05, 0.1) is 0 Å². The molecular formula is C33H22N4. The van der Waals surface area contributed by atoms with Crippen LogP contribution < -0.4 is 0 Å². The van der Waals surface area contributed by atoms with E-state index in [4.69, 9.17) is 15.0 Å². The Morgan fingerprint density at radius 2 is 0.865 bits per heavy atom. The lowest BCUT2D eigenvalue weighted by atomic mass is 10.0. The molecule has 4 nitrogen and oxygen atoms in total. The summed E-state index contributed by atoms with van der Waals surface area (Å²) in [7, 11) is 0. The van der Waals surface area contributed by atoms with Gasteiger partial charge >= 0.3 is 0 Å². The number of para-hydroxylation sites is 1. The number of fused-ring (bicyclic) bond motifs is 3. The zero-order valence-electron chi connectivity index (χ0n) is 20.0. The van der Waals surface area contributed by atoms with Crippen LogP contribution in [0.2, 0.25) is 0 Å². The minimum atomic E-state index is 0.655. The highest BCUT2D eigenvalue weighted by Gasteiger charge is 2.13. The average Bonchev–Trinajstić information content (AvgIpc) is 3.36. The molecule has 0 spiro atoms. The second-order valence-electron chi connectivity index (χ2n) is 9.05. The predicted molar refractivity (Wildman–Crippen MR) is 151 cm³/mol. The first-order valence-electron chi connectivity index (χ1n) is 12.3. The van der Waals surface area contributed by atoms with E-state index in [1.807, 2.05) is 60.7 Å². The topological polar surface area (TPSA) is 54.5 Å². The van der Waals surface area contributed by atoms with Crippen LogP contribution in [0.4, 0.5) is 0 Å². The molecular weight excluding hydrogens is 452 g/mol. The molecule has 0 aliphatic rings. The van der Waals surface area contributed by atoms with Gasteiger partial charge < -0.3 is 4.98 Å². The van der Waals surface area contributed by atoms with E-state index in [1.54, 1.807) is 0 Å². The fourth-order valence-corrected chi connectivity index (χ4v) is 4.80. The van der Waals surface area contributed by atoms with Crippen LogP contribution in [0, 0.1) is 0 Å². The van der Waals surface area contributed by atoms with Crippen LogP contribution in [0.15, 0.2) is 127 Å². The van der Waals surface area contributed by atoms with Crippen molar-refractivity contribution in [1.82, 2.24) is 19.9 Å². The Labute approximate surface area is 214 Å². The fourth-order valence-electron chi connectivity index (χ4n) is 4.80. The molecule has 2 heterocycles. The summed E-state index contributed by atoms with van der Waals surface area (Å²) in [5.74, 6) is 1.98. The molecule has 0 aliphatic carbocycles. The van der Waals surface area contributed by atoms with Crippen molar-refractivity contribution >= 4 is 21.8 Å². The molecule has 0 bridgehead atoms. The molecule has 0 saturated heterocycles. The molecule has 7 rings (SSSR count). The summed E-state index contributed by atoms with van der Waals surface area (Å²) in [5.41, 5.74) is 7.43. The van der Waals surface area contributed by atoms with Gasteiger partial charge in [0, 0.05) is 38.5 Å². The molecule has 0 amide bonds. The van der Waals surface area contributed by atoms with Crippen LogP contribution >= 0.6 is 0 Å². The molecule has 37 heavy (non-hydrogen) atoms. The van der Waals surface area contributed by atoms with Gasteiger partial charge in [0.15, 0.2) is 17.5 Å². The summed E-state index contributed by atoms with van der Waals surface area (Å²) < 4.78 is 0. The first-order valence-corrected chi connectivity index (χ1v) is 12.3. The summed E-state index contributed by atoms with van der Waals surface area (Å²) >= 11 is 0. The second kappa shape index (κ2) is 8.85. The van der Waals surface area contributed by atoms with E-state index in [2.05, 4.69) is 71.7 Å². The van der Waals surface area contributed by atoms with Crippen LogP contribution in [-0.4, -0.2) is 19.9 Å². The highest BCUT2D eigenvalue weighted by atomic mass is 15.0. The Balaban J connectivity index is 1.36. The smallest absolute Gasteiger partial charge is 0.164 e. The Bertz CT molecular complexity index is 1810. The van der Waals surface area contributed by atoms with Gasteiger partial charge in [-0.05, 0) is 35.4 Å². The number of nitrogens with one attached hydrogen (secondary N) is 1. The lowest BCUT2D eigenvalue weighted by Gasteiger charge is -2.10. The molecule has 0 aliphatic heterocycles. The van der Waals surface area contributed by atoms with Crippen LogP contribution in [0.1, 0.15) is 0 Å². The van der Waals surface area contributed by atoms with Crippen molar-refractivity contribution < 1.29 is 0 Å². The quantitative estimate of drug-likeness (QED) is 0.280. The number of aromatic amines is 1. The molecule has 4 heteroatoms. The van der Waals surface area contributed by atoms with E-state index in [9.17, 15) is 0 Å². The Kier molecular flexibility index (Phi) is 5.07. The maximum atomic E-state index is 4.89. The van der Waals surface area contributed by atoms with Gasteiger partial charge in [0.25, 0.3) is 0 Å². The molecule has 5 aromatic carbocycles. The molecule has 2 aromatic heterocycles. The lowest BCUT2D eigenvalue weighted by Crippen LogP contribution is -2.00. The van der Waals surface area contributed by atoms with Crippen LogP contribution in [0.5, 0.6) is 0 Å². The summed E-state index contributed by atoms with van der Waals surface area (Å²) in [4.78, 5) is 18.1. The SMILES string of the molecule is c1ccc(-c2nc(-c3ccccc3)nc(-c3cccc(-c4ccc5[nH]c6ccccc6c5c4)c3)n2)cc1. The first kappa shape index (κ1) is 21.2. The maximum Gasteiger partial charge on any atom is 0.164 e. The minimum Gasteiger partial charge on any atom is -0.355 e. The van der Waals surface area contributed by atoms with E-state index in [0.29, 0.717) is 17.5 Å². The molecule has 0 radical (unpaired) electrons. The molecule has 0 saturated carbocycles. The lowest BCUT2D eigenvalue weighted by molar-refractivity contribution is 1.07. The normalized spacial score (nSPS) is 11.2. The van der Waals surface area contributed by atoms with E-state index in [1.165, 1.54) is 10.8 Å². The van der Waals surface area contributed by atoms with Crippen LogP contribution in [0.25, 0.3) is 67.1 Å². The fraction of sp³-hybridized carbons (Fsp3) is 0. The molecule has 0 atom stereocenters. The number of hydrogen-bond donors (Lipinski definition) is 1. The summed E-state index contributed by atoms with van der Waals surface area (Å²) in [6.07, 6.45) is 0. The maximum absolute atomic E-state index is 4.89. The zero-order chi connectivity index (χ0) is 24.6. The van der Waals surface area contributed by atoms with Gasteiger partial charge in [-0.2, -0.15) is 0 Å². The van der Waals surface area contributed by atoms with Crippen molar-refractivity contribution in [3.63, 3.8) is 0 Å². The van der Waals surface area contributed by atoms with Gasteiger partial charge in [0.2, 0.25) is 0 Å². The Hall–Kier alpha value is -5.09. The third-order valence-electron chi connectivity index (χ3n) is 6.66. The molecule has 7 aromatic rings. The van der Waals surface area contributed by atoms with E-state index >= 15 is 0 Å². The third kappa shape index (κ3) is 3.95. The van der Waals surface area contributed by atoms with Gasteiger partial charge in [-0.15, -0.1) is 0 Å². The Morgan fingerprint density at radius 3 is 1.57 bits per heavy atom. The third-order valence-corrected chi connectivity index (χ3v) is 6.66. The van der Waals surface area contributed by atoms with Gasteiger partial charge in [-0.25, -0.2) is 15.0 Å². The van der Waals surface area contributed by atoms with Crippen molar-refractivity contribution in [3.8, 4) is 45.3 Å². The molecule has 174 valence electrons. The van der Waals surface area contributed by atoms with Gasteiger partial charge in [0.1, 0.15) is 0 Å². The van der Waals surface area contributed by atoms with Crippen molar-refractivity contribution in [2.24, 2.45) is 0 Å². The zero-order valence-corrected chi connectivity index (χ0v) is 20.0. The van der Waals surface area contributed by atoms with Gasteiger partial charge in [-0.1, -0.05) is 103 Å². The molecule has 0 unspecified atom stereocenters. The average molecular weight is 475 g/mol. The summed E-state index contributed by atoms with van der Waals surface area (Å²) in [6, 6.07) is 43.5. The van der Waals surface area contributed by atoms with E-state index < -0.39 is 0 Å². The van der Waals surface area contributed by atoms with Crippen LogP contribution in [-0.2, 0) is 0 Å². The number of H-pyrrole nitrogens is 1. The second-order valence-corrected chi connectivity index (χ2v) is 9.05. The predicted octanol–water partition coefficient (Wildman–Crippen LogP) is 8.17. The van der Waals surface area contributed by atoms with E-state index in [-0.39, 0.29) is 0 Å². The van der Waals surface area contributed by atoms with E-state index in [0.717, 1.165) is 38.9 Å². The number of nitrogens with zero attached hydrogens (tertiary/aromatic N) is 3. The van der Waals surface area contributed by atoms with Gasteiger partial charge in [-0.3, -0.25) is 0 Å². The number of hydrogen-bond acceptors (Lipinski definition) is 3. The van der Waals surface area contributed by atoms with Crippen molar-refractivity contribution in [2.75, 3.05) is 0 Å². The number of benzene rings is 5. The summed E-state index contributed by atoms with van der Waals surface area (Å²) in [5, 5.41) is 2.45. The minimum absolute atomic E-state index is 0.655. The Morgan fingerprint density at radius 1 is 0.351 bits per heavy atom. The first-order chi connectivity index (χ1) is 18.3. The van der Waals surface area contributed by atoms with Crippen molar-refractivity contribution in [3.05, 3.63) is 127 Å². The van der Waals surface area contributed by atoms with Crippen LogP contribution in [0.3, 0.4) is 0 Å².